The fourth-order valence-corrected chi connectivity index (χ4v) is 3.54. The molecule has 1 saturated heterocycles. The average molecular weight is 417 g/mol. The molecule has 1 fully saturated rings. The van der Waals surface area contributed by atoms with E-state index in [1.54, 1.807) is 35.2 Å². The van der Waals surface area contributed by atoms with Gasteiger partial charge in [0.05, 0.1) is 42.7 Å². The van der Waals surface area contributed by atoms with Gasteiger partial charge in [-0.15, -0.1) is 0 Å². The van der Waals surface area contributed by atoms with E-state index in [9.17, 15) is 9.59 Å². The predicted octanol–water partition coefficient (Wildman–Crippen LogP) is 3.23. The summed E-state index contributed by atoms with van der Waals surface area (Å²) in [4.78, 5) is 27.5. The number of carbonyl (C=O) groups is 2. The lowest BCUT2D eigenvalue weighted by Gasteiger charge is -2.27. The number of carbonyl (C=O) groups excluding carboxylic acids is 2. The standard InChI is InChI=1S/C21H21ClN2O5/c22-16-12-14(13-18-19(16)29-9-3-8-28-18)20(25)23-17-5-2-1-4-15(17)21(26)24-6-10-27-11-7-24/h1-2,4-5,12-13H,3,6-11H2,(H,23,25). The number of para-hydroxylation sites is 1. The third-order valence-corrected chi connectivity index (χ3v) is 5.05. The zero-order valence-corrected chi connectivity index (χ0v) is 16.5. The third kappa shape index (κ3) is 4.31. The van der Waals surface area contributed by atoms with E-state index in [0.29, 0.717) is 72.9 Å². The van der Waals surface area contributed by atoms with E-state index >= 15 is 0 Å². The van der Waals surface area contributed by atoms with Crippen molar-refractivity contribution in [3.05, 3.63) is 52.5 Å². The zero-order valence-electron chi connectivity index (χ0n) is 15.8. The number of amides is 2. The first-order valence-electron chi connectivity index (χ1n) is 9.50. The van der Waals surface area contributed by atoms with Crippen LogP contribution in [0.1, 0.15) is 27.1 Å². The van der Waals surface area contributed by atoms with E-state index in [1.807, 2.05) is 0 Å². The van der Waals surface area contributed by atoms with Crippen molar-refractivity contribution in [2.24, 2.45) is 0 Å². The van der Waals surface area contributed by atoms with Gasteiger partial charge >= 0.3 is 0 Å². The largest absolute Gasteiger partial charge is 0.489 e. The van der Waals surface area contributed by atoms with E-state index in [4.69, 9.17) is 25.8 Å². The van der Waals surface area contributed by atoms with Crippen LogP contribution in [0.25, 0.3) is 0 Å². The van der Waals surface area contributed by atoms with Crippen molar-refractivity contribution in [3.63, 3.8) is 0 Å². The van der Waals surface area contributed by atoms with Crippen molar-refractivity contribution in [2.45, 2.75) is 6.42 Å². The lowest BCUT2D eigenvalue weighted by Crippen LogP contribution is -2.41. The topological polar surface area (TPSA) is 77.1 Å². The van der Waals surface area contributed by atoms with Gasteiger partial charge in [0.2, 0.25) is 0 Å². The van der Waals surface area contributed by atoms with Crippen molar-refractivity contribution < 1.29 is 23.8 Å². The Labute approximate surface area is 173 Å². The molecule has 2 amide bonds. The maximum absolute atomic E-state index is 12.9. The number of benzene rings is 2. The Kier molecular flexibility index (Phi) is 5.87. The Hall–Kier alpha value is -2.77. The highest BCUT2D eigenvalue weighted by molar-refractivity contribution is 6.32. The highest BCUT2D eigenvalue weighted by Gasteiger charge is 2.23. The van der Waals surface area contributed by atoms with Gasteiger partial charge in [-0.05, 0) is 24.3 Å². The molecule has 8 heteroatoms. The quantitative estimate of drug-likeness (QED) is 0.831. The smallest absolute Gasteiger partial charge is 0.256 e. The molecule has 0 bridgehead atoms. The van der Waals surface area contributed by atoms with Gasteiger partial charge in [0, 0.05) is 25.1 Å². The van der Waals surface area contributed by atoms with E-state index in [0.717, 1.165) is 6.42 Å². The fraction of sp³-hybridized carbons (Fsp3) is 0.333. The molecule has 4 rings (SSSR count). The minimum absolute atomic E-state index is 0.138. The SMILES string of the molecule is O=C(Nc1ccccc1C(=O)N1CCOCC1)c1cc(Cl)c2c(c1)OCCCO2. The summed E-state index contributed by atoms with van der Waals surface area (Å²) in [6.45, 7) is 3.07. The van der Waals surface area contributed by atoms with Crippen molar-refractivity contribution in [2.75, 3.05) is 44.8 Å². The van der Waals surface area contributed by atoms with Crippen molar-refractivity contribution in [3.8, 4) is 11.5 Å². The van der Waals surface area contributed by atoms with E-state index < -0.39 is 0 Å². The van der Waals surface area contributed by atoms with Gasteiger partial charge in [0.25, 0.3) is 11.8 Å². The number of anilines is 1. The molecule has 7 nitrogen and oxygen atoms in total. The van der Waals surface area contributed by atoms with Crippen LogP contribution in [-0.4, -0.2) is 56.2 Å². The van der Waals surface area contributed by atoms with E-state index in [-0.39, 0.29) is 11.8 Å². The molecule has 0 atom stereocenters. The zero-order chi connectivity index (χ0) is 20.2. The van der Waals surface area contributed by atoms with Crippen LogP contribution in [0.4, 0.5) is 5.69 Å². The van der Waals surface area contributed by atoms with Crippen LogP contribution in [0.15, 0.2) is 36.4 Å². The molecule has 0 aliphatic carbocycles. The fourth-order valence-electron chi connectivity index (χ4n) is 3.27. The maximum atomic E-state index is 12.9. The van der Waals surface area contributed by atoms with Crippen LogP contribution in [0.2, 0.25) is 5.02 Å². The minimum atomic E-state index is -0.384. The molecule has 2 heterocycles. The summed E-state index contributed by atoms with van der Waals surface area (Å²) in [6.07, 6.45) is 0.740. The van der Waals surface area contributed by atoms with Gasteiger partial charge in [-0.25, -0.2) is 0 Å². The number of hydrogen-bond donors (Lipinski definition) is 1. The summed E-state index contributed by atoms with van der Waals surface area (Å²) in [6, 6.07) is 10.1. The van der Waals surface area contributed by atoms with Gasteiger partial charge in [0.15, 0.2) is 11.5 Å². The number of nitrogens with zero attached hydrogens (tertiary/aromatic N) is 1. The molecule has 2 aliphatic heterocycles. The molecule has 29 heavy (non-hydrogen) atoms. The van der Waals surface area contributed by atoms with Crippen LogP contribution < -0.4 is 14.8 Å². The van der Waals surface area contributed by atoms with Gasteiger partial charge in [0.1, 0.15) is 0 Å². The van der Waals surface area contributed by atoms with E-state index in [2.05, 4.69) is 5.32 Å². The Balaban J connectivity index is 1.57. The normalized spacial score (nSPS) is 16.1. The first-order chi connectivity index (χ1) is 14.1. The summed E-state index contributed by atoms with van der Waals surface area (Å²) >= 11 is 6.29. The highest BCUT2D eigenvalue weighted by atomic mass is 35.5. The summed E-state index contributed by atoms with van der Waals surface area (Å²) < 4.78 is 16.6. The second-order valence-corrected chi connectivity index (χ2v) is 7.15. The molecule has 2 aromatic carbocycles. The Morgan fingerprint density at radius 3 is 2.59 bits per heavy atom. The molecule has 0 saturated carbocycles. The maximum Gasteiger partial charge on any atom is 0.256 e. The summed E-state index contributed by atoms with van der Waals surface area (Å²) in [5, 5.41) is 3.14. The molecule has 0 radical (unpaired) electrons. The Bertz CT molecular complexity index is 927. The third-order valence-electron chi connectivity index (χ3n) is 4.77. The summed E-state index contributed by atoms with van der Waals surface area (Å²) in [5.41, 5.74) is 1.20. The molecular weight excluding hydrogens is 396 g/mol. The number of rotatable bonds is 3. The molecule has 2 aromatic rings. The first-order valence-corrected chi connectivity index (χ1v) is 9.88. The van der Waals surface area contributed by atoms with Crippen LogP contribution in [-0.2, 0) is 4.74 Å². The van der Waals surface area contributed by atoms with E-state index in [1.165, 1.54) is 6.07 Å². The highest BCUT2D eigenvalue weighted by Crippen LogP contribution is 2.38. The molecule has 152 valence electrons. The number of ether oxygens (including phenoxy) is 3. The van der Waals surface area contributed by atoms with Gasteiger partial charge in [-0.3, -0.25) is 9.59 Å². The molecule has 0 unspecified atom stereocenters. The average Bonchev–Trinajstić information content (AvgIpc) is 3.00. The van der Waals surface area contributed by atoms with Crippen LogP contribution >= 0.6 is 11.6 Å². The second-order valence-electron chi connectivity index (χ2n) is 6.74. The van der Waals surface area contributed by atoms with Gasteiger partial charge in [-0.2, -0.15) is 0 Å². The Morgan fingerprint density at radius 2 is 1.76 bits per heavy atom. The van der Waals surface area contributed by atoms with Crippen molar-refractivity contribution >= 4 is 29.1 Å². The Morgan fingerprint density at radius 1 is 1.00 bits per heavy atom. The minimum Gasteiger partial charge on any atom is -0.489 e. The van der Waals surface area contributed by atoms with Crippen LogP contribution in [0, 0.1) is 0 Å². The number of fused-ring (bicyclic) bond motifs is 1. The molecule has 0 aromatic heterocycles. The summed E-state index contributed by atoms with van der Waals surface area (Å²) in [7, 11) is 0. The van der Waals surface area contributed by atoms with Crippen LogP contribution in [0.5, 0.6) is 11.5 Å². The molecule has 1 N–H and O–H groups in total. The monoisotopic (exact) mass is 416 g/mol. The number of hydrogen-bond acceptors (Lipinski definition) is 5. The van der Waals surface area contributed by atoms with Crippen molar-refractivity contribution in [1.29, 1.82) is 0 Å². The molecular formula is C21H21ClN2O5. The first kappa shape index (κ1) is 19.5. The lowest BCUT2D eigenvalue weighted by molar-refractivity contribution is 0.0303. The van der Waals surface area contributed by atoms with Crippen molar-refractivity contribution in [1.82, 2.24) is 4.90 Å². The summed E-state index contributed by atoms with van der Waals surface area (Å²) in [5.74, 6) is 0.368. The lowest BCUT2D eigenvalue weighted by atomic mass is 10.1. The number of halogens is 1. The van der Waals surface area contributed by atoms with Gasteiger partial charge < -0.3 is 24.4 Å². The molecule has 2 aliphatic rings. The van der Waals surface area contributed by atoms with Gasteiger partial charge in [-0.1, -0.05) is 23.7 Å². The predicted molar refractivity (Wildman–Crippen MR) is 108 cm³/mol. The molecule has 0 spiro atoms. The van der Waals surface area contributed by atoms with Crippen LogP contribution in [0.3, 0.4) is 0 Å². The number of morpholine rings is 1. The number of nitrogens with one attached hydrogen (secondary N) is 1. The second kappa shape index (κ2) is 8.71.